The summed E-state index contributed by atoms with van der Waals surface area (Å²) in [6.45, 7) is 1.02. The Labute approximate surface area is 116 Å². The highest BCUT2D eigenvalue weighted by Gasteiger charge is 2.23. The lowest BCUT2D eigenvalue weighted by molar-refractivity contribution is 0.170. The van der Waals surface area contributed by atoms with Crippen LogP contribution in [0.5, 0.6) is 0 Å². The molecule has 0 radical (unpaired) electrons. The van der Waals surface area contributed by atoms with Gasteiger partial charge in [-0.2, -0.15) is 9.97 Å². The van der Waals surface area contributed by atoms with Gasteiger partial charge in [0.05, 0.1) is 12.9 Å². The zero-order valence-electron chi connectivity index (χ0n) is 10.8. The number of fused-ring (bicyclic) bond motifs is 1. The molecule has 2 aromatic rings. The summed E-state index contributed by atoms with van der Waals surface area (Å²) >= 11 is 0. The van der Waals surface area contributed by atoms with Gasteiger partial charge in [-0.15, -0.1) is 0 Å². The molecule has 0 spiro atoms. The van der Waals surface area contributed by atoms with E-state index in [9.17, 15) is 4.57 Å². The smallest absolute Gasteiger partial charge is 0.224 e. The van der Waals surface area contributed by atoms with E-state index in [1.54, 1.807) is 6.33 Å². The molecule has 0 saturated heterocycles. The van der Waals surface area contributed by atoms with Crippen LogP contribution in [0, 0.1) is 0 Å². The largest absolute Gasteiger partial charge is 0.368 e. The monoisotopic (exact) mass is 294 g/mol. The van der Waals surface area contributed by atoms with Crippen LogP contribution in [0.3, 0.4) is 0 Å². The van der Waals surface area contributed by atoms with Gasteiger partial charge in [0.1, 0.15) is 6.35 Å². The number of anilines is 2. The first-order chi connectivity index (χ1) is 9.78. The Morgan fingerprint density at radius 3 is 3.10 bits per heavy atom. The van der Waals surface area contributed by atoms with Crippen molar-refractivity contribution < 1.29 is 9.30 Å². The van der Waals surface area contributed by atoms with E-state index >= 15 is 0 Å². The first-order valence-electron chi connectivity index (χ1n) is 6.39. The minimum absolute atomic E-state index is 0.0152. The van der Waals surface area contributed by atoms with E-state index in [4.69, 9.17) is 10.5 Å². The van der Waals surface area contributed by atoms with Gasteiger partial charge in [0.25, 0.3) is 0 Å². The average Bonchev–Trinajstić information content (AvgIpc) is 3.15. The molecule has 9 heteroatoms. The molecule has 0 bridgehead atoms. The number of aromatic nitrogens is 4. The van der Waals surface area contributed by atoms with E-state index in [0.29, 0.717) is 36.2 Å². The lowest BCUT2D eigenvalue weighted by atomic mass is 10.4. The molecule has 106 valence electrons. The van der Waals surface area contributed by atoms with Crippen LogP contribution >= 0.6 is 8.46 Å². The van der Waals surface area contributed by atoms with E-state index in [1.807, 2.05) is 4.57 Å². The summed E-state index contributed by atoms with van der Waals surface area (Å²) in [5, 5.41) is 3.31. The number of rotatable bonds is 7. The summed E-state index contributed by atoms with van der Waals surface area (Å²) in [4.78, 5) is 12.8. The van der Waals surface area contributed by atoms with Crippen LogP contribution < -0.4 is 11.1 Å². The summed E-state index contributed by atoms with van der Waals surface area (Å²) in [5.74, 6) is 0.911. The number of nitrogens with zero attached hydrogens (tertiary/aromatic N) is 4. The van der Waals surface area contributed by atoms with E-state index in [-0.39, 0.29) is 20.8 Å². The van der Waals surface area contributed by atoms with Crippen LogP contribution in [0.25, 0.3) is 11.2 Å². The summed E-state index contributed by atoms with van der Waals surface area (Å²) in [6, 6.07) is 0.469. The summed E-state index contributed by atoms with van der Waals surface area (Å²) in [6.07, 6.45) is 4.18. The Hall–Kier alpha value is -1.79. The second-order valence-corrected chi connectivity index (χ2v) is 5.14. The van der Waals surface area contributed by atoms with Crippen LogP contribution in [-0.4, -0.2) is 38.5 Å². The maximum atomic E-state index is 10.3. The van der Waals surface area contributed by atoms with Crippen molar-refractivity contribution in [2.75, 3.05) is 24.0 Å². The van der Waals surface area contributed by atoms with Crippen LogP contribution in [0.1, 0.15) is 12.8 Å². The van der Waals surface area contributed by atoms with Gasteiger partial charge < -0.3 is 20.4 Å². The Balaban J connectivity index is 1.82. The number of imidazole rings is 1. The molecule has 3 N–H and O–H groups in total. The molecular formula is C11H15N6O2P. The standard InChI is InChI=1S/C11H15N6O2P/c12-11-15-9(14-7-1-2-7)8-10(16-11)17(5-13-8)3-4-19-6-20-18/h5,7H,1-4,6H2,(H3,12,14,15,16). The fourth-order valence-electron chi connectivity index (χ4n) is 1.91. The third-order valence-electron chi connectivity index (χ3n) is 3.02. The molecule has 0 amide bonds. The number of nitrogens with two attached hydrogens (primary N) is 1. The first kappa shape index (κ1) is 13.2. The van der Waals surface area contributed by atoms with E-state index in [0.717, 1.165) is 12.8 Å². The van der Waals surface area contributed by atoms with Gasteiger partial charge in [-0.3, -0.25) is 4.57 Å². The maximum absolute atomic E-state index is 10.3. The minimum Gasteiger partial charge on any atom is -0.368 e. The van der Waals surface area contributed by atoms with Crippen molar-refractivity contribution in [2.24, 2.45) is 0 Å². The number of hydrogen-bond acceptors (Lipinski definition) is 7. The molecule has 1 saturated carbocycles. The second kappa shape index (κ2) is 5.68. The fraction of sp³-hybridized carbons (Fsp3) is 0.545. The molecule has 0 atom stereocenters. The van der Waals surface area contributed by atoms with Gasteiger partial charge in [-0.1, -0.05) is 0 Å². The Bertz CT molecular complexity index is 627. The fourth-order valence-corrected chi connectivity index (χ4v) is 2.11. The van der Waals surface area contributed by atoms with Crippen molar-refractivity contribution >= 4 is 31.4 Å². The highest BCUT2D eigenvalue weighted by molar-refractivity contribution is 7.23. The molecular weight excluding hydrogens is 279 g/mol. The summed E-state index contributed by atoms with van der Waals surface area (Å²) in [5.41, 5.74) is 7.15. The second-order valence-electron chi connectivity index (χ2n) is 4.63. The third-order valence-corrected chi connectivity index (χ3v) is 3.31. The maximum Gasteiger partial charge on any atom is 0.224 e. The Morgan fingerprint density at radius 2 is 2.35 bits per heavy atom. The Morgan fingerprint density at radius 1 is 1.50 bits per heavy atom. The van der Waals surface area contributed by atoms with Gasteiger partial charge in [0.2, 0.25) is 5.95 Å². The number of nitrogens with one attached hydrogen (secondary N) is 1. The van der Waals surface area contributed by atoms with Crippen molar-refractivity contribution in [3.63, 3.8) is 0 Å². The van der Waals surface area contributed by atoms with E-state index in [1.165, 1.54) is 0 Å². The van der Waals surface area contributed by atoms with Gasteiger partial charge in [0, 0.05) is 12.6 Å². The van der Waals surface area contributed by atoms with Gasteiger partial charge in [-0.25, -0.2) is 4.98 Å². The third kappa shape index (κ3) is 2.86. The molecule has 0 unspecified atom stereocenters. The molecule has 0 aliphatic heterocycles. The highest BCUT2D eigenvalue weighted by Crippen LogP contribution is 2.27. The molecule has 3 rings (SSSR count). The molecule has 2 heterocycles. The summed E-state index contributed by atoms with van der Waals surface area (Å²) < 4.78 is 17.3. The summed E-state index contributed by atoms with van der Waals surface area (Å²) in [7, 11) is -0.0152. The van der Waals surface area contributed by atoms with Crippen molar-refractivity contribution in [3.05, 3.63) is 6.33 Å². The molecule has 1 aliphatic rings. The first-order valence-corrected chi connectivity index (χ1v) is 7.39. The van der Waals surface area contributed by atoms with Crippen LogP contribution in [-0.2, 0) is 15.8 Å². The number of nitrogen functional groups attached to an aromatic ring is 1. The van der Waals surface area contributed by atoms with Crippen molar-refractivity contribution in [1.82, 2.24) is 19.5 Å². The zero-order chi connectivity index (χ0) is 13.9. The highest BCUT2D eigenvalue weighted by atomic mass is 31.1. The van der Waals surface area contributed by atoms with Crippen LogP contribution in [0.4, 0.5) is 11.8 Å². The predicted molar refractivity (Wildman–Crippen MR) is 74.8 cm³/mol. The topological polar surface area (TPSA) is 108 Å². The SMILES string of the molecule is Nc1nc(NC2CC2)c2ncn(CCOCP=O)c2n1. The predicted octanol–water partition coefficient (Wildman–Crippen LogP) is 1.25. The number of hydrogen-bond donors (Lipinski definition) is 2. The molecule has 1 fully saturated rings. The van der Waals surface area contributed by atoms with Crippen molar-refractivity contribution in [2.45, 2.75) is 25.4 Å². The molecule has 1 aliphatic carbocycles. The molecule has 8 nitrogen and oxygen atoms in total. The van der Waals surface area contributed by atoms with E-state index in [2.05, 4.69) is 20.3 Å². The lowest BCUT2D eigenvalue weighted by Gasteiger charge is -2.07. The van der Waals surface area contributed by atoms with Gasteiger partial charge in [0.15, 0.2) is 25.4 Å². The van der Waals surface area contributed by atoms with Crippen LogP contribution in [0.2, 0.25) is 0 Å². The lowest BCUT2D eigenvalue weighted by Crippen LogP contribution is -2.09. The molecule has 2 aromatic heterocycles. The van der Waals surface area contributed by atoms with Gasteiger partial charge >= 0.3 is 0 Å². The average molecular weight is 294 g/mol. The van der Waals surface area contributed by atoms with Gasteiger partial charge in [-0.05, 0) is 12.8 Å². The normalized spacial score (nSPS) is 15.0. The van der Waals surface area contributed by atoms with E-state index < -0.39 is 0 Å². The quantitative estimate of drug-likeness (QED) is 0.584. The van der Waals surface area contributed by atoms with Crippen molar-refractivity contribution in [3.8, 4) is 0 Å². The number of ether oxygens (including phenoxy) is 1. The Kier molecular flexibility index (Phi) is 3.75. The minimum atomic E-state index is -0.0152. The molecule has 20 heavy (non-hydrogen) atoms. The molecule has 0 aromatic carbocycles. The zero-order valence-corrected chi connectivity index (χ0v) is 11.7. The van der Waals surface area contributed by atoms with Crippen molar-refractivity contribution in [1.29, 1.82) is 0 Å². The van der Waals surface area contributed by atoms with Crippen LogP contribution in [0.15, 0.2) is 6.33 Å².